The maximum absolute atomic E-state index is 11.7. The summed E-state index contributed by atoms with van der Waals surface area (Å²) >= 11 is 0. The minimum absolute atomic E-state index is 0.0941. The van der Waals surface area contributed by atoms with E-state index in [1.54, 1.807) is 6.19 Å². The van der Waals surface area contributed by atoms with Crippen LogP contribution in [0.15, 0.2) is 0 Å². The van der Waals surface area contributed by atoms with E-state index in [0.717, 1.165) is 38.8 Å². The van der Waals surface area contributed by atoms with Crippen molar-refractivity contribution in [3.8, 4) is 6.19 Å². The third-order valence-corrected chi connectivity index (χ3v) is 2.94. The number of nitrogens with one attached hydrogen (secondary N) is 2. The largest absolute Gasteiger partial charge is 0.317 e. The Hall–Kier alpha value is -1.08. The number of hydrogen-bond acceptors (Lipinski definition) is 3. The van der Waals surface area contributed by atoms with Crippen LogP contribution in [0.4, 0.5) is 0 Å². The molecule has 4 nitrogen and oxygen atoms in total. The molecular formula is C10H17N3O. The average Bonchev–Trinajstić information content (AvgIpc) is 2.20. The predicted molar refractivity (Wildman–Crippen MR) is 53.2 cm³/mol. The molecule has 0 atom stereocenters. The van der Waals surface area contributed by atoms with E-state index in [9.17, 15) is 4.79 Å². The van der Waals surface area contributed by atoms with E-state index in [1.165, 1.54) is 0 Å². The fourth-order valence-electron chi connectivity index (χ4n) is 2.16. The van der Waals surface area contributed by atoms with Crippen LogP contribution in [0.25, 0.3) is 0 Å². The van der Waals surface area contributed by atoms with Gasteiger partial charge in [0.25, 0.3) is 0 Å². The third-order valence-electron chi connectivity index (χ3n) is 2.94. The van der Waals surface area contributed by atoms with Crippen LogP contribution in [0.3, 0.4) is 0 Å². The number of amides is 1. The van der Waals surface area contributed by atoms with Crippen molar-refractivity contribution in [2.75, 3.05) is 13.1 Å². The van der Waals surface area contributed by atoms with Crippen molar-refractivity contribution < 1.29 is 4.79 Å². The van der Waals surface area contributed by atoms with Gasteiger partial charge < -0.3 is 5.32 Å². The molecule has 0 aliphatic carbocycles. The summed E-state index contributed by atoms with van der Waals surface area (Å²) in [4.78, 5) is 11.7. The predicted octanol–water partition coefficient (Wildman–Crippen LogP) is 0.754. The summed E-state index contributed by atoms with van der Waals surface area (Å²) in [6.07, 6.45) is 5.27. The second-order valence-corrected chi connectivity index (χ2v) is 3.85. The van der Waals surface area contributed by atoms with Crippen LogP contribution in [0.2, 0.25) is 0 Å². The molecule has 78 valence electrons. The minimum atomic E-state index is -0.296. The highest BCUT2D eigenvalue weighted by Gasteiger charge is 2.38. The van der Waals surface area contributed by atoms with Crippen molar-refractivity contribution in [2.24, 2.45) is 5.41 Å². The van der Waals surface area contributed by atoms with Crippen LogP contribution >= 0.6 is 0 Å². The molecule has 0 aromatic rings. The first-order valence-corrected chi connectivity index (χ1v) is 5.15. The third kappa shape index (κ3) is 2.24. The summed E-state index contributed by atoms with van der Waals surface area (Å²) in [6.45, 7) is 3.82. The Bertz CT molecular complexity index is 233. The molecule has 1 aliphatic heterocycles. The van der Waals surface area contributed by atoms with E-state index < -0.39 is 0 Å². The zero-order chi connectivity index (χ0) is 10.4. The van der Waals surface area contributed by atoms with Gasteiger partial charge in [0.2, 0.25) is 5.91 Å². The topological polar surface area (TPSA) is 64.9 Å². The monoisotopic (exact) mass is 195 g/mol. The van der Waals surface area contributed by atoms with Crippen molar-refractivity contribution in [2.45, 2.75) is 32.6 Å². The van der Waals surface area contributed by atoms with E-state index in [0.29, 0.717) is 0 Å². The van der Waals surface area contributed by atoms with Crippen LogP contribution in [0.5, 0.6) is 0 Å². The Morgan fingerprint density at radius 3 is 2.71 bits per heavy atom. The Balaban J connectivity index is 2.69. The molecule has 0 saturated carbocycles. The molecule has 1 fully saturated rings. The molecule has 1 amide bonds. The summed E-state index contributed by atoms with van der Waals surface area (Å²) in [6, 6.07) is 0. The molecular weight excluding hydrogens is 178 g/mol. The van der Waals surface area contributed by atoms with Gasteiger partial charge in [-0.1, -0.05) is 13.3 Å². The number of piperidine rings is 1. The van der Waals surface area contributed by atoms with Gasteiger partial charge in [-0.05, 0) is 32.4 Å². The zero-order valence-electron chi connectivity index (χ0n) is 8.60. The SMILES string of the molecule is CCCC1(C(=O)NC#N)CCNCC1. The highest BCUT2D eigenvalue weighted by Crippen LogP contribution is 2.34. The normalized spacial score (nSPS) is 19.7. The number of nitrogens with zero attached hydrogens (tertiary/aromatic N) is 1. The lowest BCUT2D eigenvalue weighted by atomic mass is 9.74. The summed E-state index contributed by atoms with van der Waals surface area (Å²) in [5.41, 5.74) is -0.296. The fraction of sp³-hybridized carbons (Fsp3) is 0.800. The van der Waals surface area contributed by atoms with E-state index in [2.05, 4.69) is 17.6 Å². The Morgan fingerprint density at radius 2 is 2.21 bits per heavy atom. The van der Waals surface area contributed by atoms with Crippen molar-refractivity contribution in [3.63, 3.8) is 0 Å². The lowest BCUT2D eigenvalue weighted by Crippen LogP contribution is -2.46. The Labute approximate surface area is 84.7 Å². The number of hydrogen-bond donors (Lipinski definition) is 2. The Morgan fingerprint density at radius 1 is 1.57 bits per heavy atom. The molecule has 0 aromatic carbocycles. The van der Waals surface area contributed by atoms with Gasteiger partial charge in [-0.15, -0.1) is 0 Å². The van der Waals surface area contributed by atoms with Gasteiger partial charge in [-0.3, -0.25) is 10.1 Å². The number of carbonyl (C=O) groups excluding carboxylic acids is 1. The van der Waals surface area contributed by atoms with Crippen LogP contribution in [0, 0.1) is 16.9 Å². The van der Waals surface area contributed by atoms with Gasteiger partial charge in [-0.25, -0.2) is 0 Å². The lowest BCUT2D eigenvalue weighted by molar-refractivity contribution is -0.131. The van der Waals surface area contributed by atoms with Gasteiger partial charge >= 0.3 is 0 Å². The molecule has 0 radical (unpaired) electrons. The molecule has 0 aromatic heterocycles. The van der Waals surface area contributed by atoms with E-state index in [4.69, 9.17) is 5.26 Å². The quantitative estimate of drug-likeness (QED) is 0.516. The molecule has 1 heterocycles. The highest BCUT2D eigenvalue weighted by molar-refractivity contribution is 5.83. The maximum Gasteiger partial charge on any atom is 0.239 e. The molecule has 0 unspecified atom stereocenters. The minimum Gasteiger partial charge on any atom is -0.317 e. The number of carbonyl (C=O) groups is 1. The van der Waals surface area contributed by atoms with Crippen LogP contribution in [-0.4, -0.2) is 19.0 Å². The van der Waals surface area contributed by atoms with Gasteiger partial charge in [0, 0.05) is 0 Å². The lowest BCUT2D eigenvalue weighted by Gasteiger charge is -2.35. The van der Waals surface area contributed by atoms with Gasteiger partial charge in [-0.2, -0.15) is 5.26 Å². The first-order valence-electron chi connectivity index (χ1n) is 5.15. The maximum atomic E-state index is 11.7. The number of rotatable bonds is 3. The molecule has 14 heavy (non-hydrogen) atoms. The number of nitriles is 1. The smallest absolute Gasteiger partial charge is 0.239 e. The molecule has 0 spiro atoms. The first-order chi connectivity index (χ1) is 6.75. The van der Waals surface area contributed by atoms with E-state index >= 15 is 0 Å². The van der Waals surface area contributed by atoms with Crippen molar-refractivity contribution >= 4 is 5.91 Å². The molecule has 4 heteroatoms. The van der Waals surface area contributed by atoms with Crippen LogP contribution in [-0.2, 0) is 4.79 Å². The molecule has 2 N–H and O–H groups in total. The van der Waals surface area contributed by atoms with Crippen molar-refractivity contribution in [3.05, 3.63) is 0 Å². The van der Waals surface area contributed by atoms with Gasteiger partial charge in [0.15, 0.2) is 6.19 Å². The van der Waals surface area contributed by atoms with E-state index in [-0.39, 0.29) is 11.3 Å². The van der Waals surface area contributed by atoms with Crippen molar-refractivity contribution in [1.29, 1.82) is 5.26 Å². The van der Waals surface area contributed by atoms with Crippen LogP contribution in [0.1, 0.15) is 32.6 Å². The molecule has 1 rings (SSSR count). The van der Waals surface area contributed by atoms with Gasteiger partial charge in [0.1, 0.15) is 0 Å². The summed E-state index contributed by atoms with van der Waals surface area (Å²) < 4.78 is 0. The van der Waals surface area contributed by atoms with E-state index in [1.807, 2.05) is 0 Å². The highest BCUT2D eigenvalue weighted by atomic mass is 16.2. The Kier molecular flexibility index (Phi) is 3.90. The zero-order valence-corrected chi connectivity index (χ0v) is 8.60. The molecule has 1 aliphatic rings. The van der Waals surface area contributed by atoms with Crippen LogP contribution < -0.4 is 10.6 Å². The second-order valence-electron chi connectivity index (χ2n) is 3.85. The second kappa shape index (κ2) is 4.97. The average molecular weight is 195 g/mol. The first kappa shape index (κ1) is 11.0. The molecule has 0 bridgehead atoms. The fourth-order valence-corrected chi connectivity index (χ4v) is 2.16. The van der Waals surface area contributed by atoms with Crippen molar-refractivity contribution in [1.82, 2.24) is 10.6 Å². The molecule has 1 saturated heterocycles. The summed E-state index contributed by atoms with van der Waals surface area (Å²) in [5, 5.41) is 14.0. The standard InChI is InChI=1S/C10H17N3O/c1-2-3-10(9(14)13-8-11)4-6-12-7-5-10/h12H,2-7H2,1H3,(H,13,14). The van der Waals surface area contributed by atoms with Gasteiger partial charge in [0.05, 0.1) is 5.41 Å². The summed E-state index contributed by atoms with van der Waals surface area (Å²) in [7, 11) is 0. The summed E-state index contributed by atoms with van der Waals surface area (Å²) in [5.74, 6) is -0.0941.